The first-order chi connectivity index (χ1) is 11.0. The Bertz CT molecular complexity index is 709. The van der Waals surface area contributed by atoms with Gasteiger partial charge in [-0.2, -0.15) is 0 Å². The van der Waals surface area contributed by atoms with E-state index in [2.05, 4.69) is 16.0 Å². The average molecular weight is 311 g/mol. The van der Waals surface area contributed by atoms with Crippen LogP contribution in [-0.2, 0) is 6.54 Å². The molecule has 0 saturated carbocycles. The largest absolute Gasteiger partial charge is 0.355 e. The Labute approximate surface area is 136 Å². The van der Waals surface area contributed by atoms with Gasteiger partial charge in [0.25, 0.3) is 5.91 Å². The molecule has 0 aliphatic rings. The SMILES string of the molecule is CNC(=O)c1ccc(CNC(=O)Nc2ccc(C)cc2C)cc1. The zero-order valence-electron chi connectivity index (χ0n) is 13.6. The van der Waals surface area contributed by atoms with Crippen LogP contribution in [0.5, 0.6) is 0 Å². The van der Waals surface area contributed by atoms with Gasteiger partial charge < -0.3 is 16.0 Å². The highest BCUT2D eigenvalue weighted by Gasteiger charge is 2.06. The van der Waals surface area contributed by atoms with Crippen LogP contribution in [0.15, 0.2) is 42.5 Å². The van der Waals surface area contributed by atoms with Gasteiger partial charge in [-0.25, -0.2) is 4.79 Å². The summed E-state index contributed by atoms with van der Waals surface area (Å²) in [6.07, 6.45) is 0. The molecule has 0 saturated heterocycles. The molecule has 0 bridgehead atoms. The zero-order chi connectivity index (χ0) is 16.8. The van der Waals surface area contributed by atoms with E-state index in [9.17, 15) is 9.59 Å². The number of rotatable bonds is 4. The molecular weight excluding hydrogens is 290 g/mol. The molecule has 2 aromatic carbocycles. The van der Waals surface area contributed by atoms with Crippen molar-refractivity contribution in [3.8, 4) is 0 Å². The summed E-state index contributed by atoms with van der Waals surface area (Å²) in [5.41, 5.74) is 4.49. The Morgan fingerprint density at radius 2 is 1.70 bits per heavy atom. The van der Waals surface area contributed by atoms with Crippen LogP contribution in [0, 0.1) is 13.8 Å². The third kappa shape index (κ3) is 4.57. The topological polar surface area (TPSA) is 70.2 Å². The first-order valence-corrected chi connectivity index (χ1v) is 7.42. The molecule has 2 aromatic rings. The molecule has 0 aliphatic carbocycles. The molecule has 0 radical (unpaired) electrons. The van der Waals surface area contributed by atoms with Gasteiger partial charge in [0.15, 0.2) is 0 Å². The molecule has 0 heterocycles. The molecule has 0 aromatic heterocycles. The number of hydrogen-bond acceptors (Lipinski definition) is 2. The fourth-order valence-electron chi connectivity index (χ4n) is 2.22. The van der Waals surface area contributed by atoms with E-state index >= 15 is 0 Å². The van der Waals surface area contributed by atoms with Crippen molar-refractivity contribution in [1.29, 1.82) is 0 Å². The summed E-state index contributed by atoms with van der Waals surface area (Å²) >= 11 is 0. The number of nitrogens with one attached hydrogen (secondary N) is 3. The van der Waals surface area contributed by atoms with E-state index in [0.29, 0.717) is 12.1 Å². The van der Waals surface area contributed by atoms with E-state index in [1.54, 1.807) is 19.2 Å². The molecule has 3 amide bonds. The minimum atomic E-state index is -0.257. The third-order valence-corrected chi connectivity index (χ3v) is 3.53. The van der Waals surface area contributed by atoms with Gasteiger partial charge in [-0.3, -0.25) is 4.79 Å². The monoisotopic (exact) mass is 311 g/mol. The fourth-order valence-corrected chi connectivity index (χ4v) is 2.22. The number of amides is 3. The van der Waals surface area contributed by atoms with Crippen molar-refractivity contribution in [1.82, 2.24) is 10.6 Å². The number of carbonyl (C=O) groups is 2. The van der Waals surface area contributed by atoms with E-state index in [-0.39, 0.29) is 11.9 Å². The molecule has 0 aliphatic heterocycles. The van der Waals surface area contributed by atoms with Gasteiger partial charge in [-0.15, -0.1) is 0 Å². The summed E-state index contributed by atoms with van der Waals surface area (Å²) < 4.78 is 0. The Morgan fingerprint density at radius 1 is 1.00 bits per heavy atom. The maximum Gasteiger partial charge on any atom is 0.319 e. The summed E-state index contributed by atoms with van der Waals surface area (Å²) in [6, 6.07) is 12.7. The number of urea groups is 1. The van der Waals surface area contributed by atoms with Crippen molar-refractivity contribution in [2.45, 2.75) is 20.4 Å². The second-order valence-electron chi connectivity index (χ2n) is 5.40. The Hall–Kier alpha value is -2.82. The number of carbonyl (C=O) groups excluding carboxylic acids is 2. The smallest absolute Gasteiger partial charge is 0.319 e. The minimum absolute atomic E-state index is 0.128. The molecule has 0 spiro atoms. The van der Waals surface area contributed by atoms with E-state index in [1.807, 2.05) is 44.2 Å². The standard InChI is InChI=1S/C18H21N3O2/c1-12-4-9-16(13(2)10-12)21-18(23)20-11-14-5-7-15(8-6-14)17(22)19-3/h4-10H,11H2,1-3H3,(H,19,22)(H2,20,21,23). The molecule has 0 fully saturated rings. The second-order valence-corrected chi connectivity index (χ2v) is 5.40. The lowest BCUT2D eigenvalue weighted by atomic mass is 10.1. The highest BCUT2D eigenvalue weighted by atomic mass is 16.2. The lowest BCUT2D eigenvalue weighted by Gasteiger charge is -2.11. The Kier molecular flexibility index (Phi) is 5.36. The normalized spacial score (nSPS) is 10.0. The molecule has 120 valence electrons. The van der Waals surface area contributed by atoms with Crippen LogP contribution >= 0.6 is 0 Å². The Morgan fingerprint density at radius 3 is 2.30 bits per heavy atom. The van der Waals surface area contributed by atoms with Crippen molar-refractivity contribution < 1.29 is 9.59 Å². The molecule has 0 atom stereocenters. The zero-order valence-corrected chi connectivity index (χ0v) is 13.6. The van der Waals surface area contributed by atoms with Crippen molar-refractivity contribution >= 4 is 17.6 Å². The van der Waals surface area contributed by atoms with Crippen molar-refractivity contribution in [2.75, 3.05) is 12.4 Å². The van der Waals surface area contributed by atoms with Crippen LogP contribution in [0.2, 0.25) is 0 Å². The highest BCUT2D eigenvalue weighted by Crippen LogP contribution is 2.15. The van der Waals surface area contributed by atoms with Crippen LogP contribution < -0.4 is 16.0 Å². The quantitative estimate of drug-likeness (QED) is 0.812. The van der Waals surface area contributed by atoms with Crippen molar-refractivity contribution in [2.24, 2.45) is 0 Å². The number of hydrogen-bond donors (Lipinski definition) is 3. The average Bonchev–Trinajstić information content (AvgIpc) is 2.55. The molecule has 0 unspecified atom stereocenters. The van der Waals surface area contributed by atoms with E-state index in [1.165, 1.54) is 0 Å². The van der Waals surface area contributed by atoms with E-state index in [4.69, 9.17) is 0 Å². The summed E-state index contributed by atoms with van der Waals surface area (Å²) in [4.78, 5) is 23.4. The predicted molar refractivity (Wildman–Crippen MR) is 91.6 cm³/mol. The summed E-state index contributed by atoms with van der Waals surface area (Å²) in [7, 11) is 1.59. The summed E-state index contributed by atoms with van der Waals surface area (Å²) in [5.74, 6) is -0.128. The van der Waals surface area contributed by atoms with Gasteiger partial charge in [0.05, 0.1) is 0 Å². The first-order valence-electron chi connectivity index (χ1n) is 7.42. The maximum atomic E-state index is 12.0. The Balaban J connectivity index is 1.90. The lowest BCUT2D eigenvalue weighted by Crippen LogP contribution is -2.28. The van der Waals surface area contributed by atoms with E-state index in [0.717, 1.165) is 22.4 Å². The maximum absolute atomic E-state index is 12.0. The fraction of sp³-hybridized carbons (Fsp3) is 0.222. The lowest BCUT2D eigenvalue weighted by molar-refractivity contribution is 0.0963. The summed E-state index contributed by atoms with van der Waals surface area (Å²) in [6.45, 7) is 4.37. The third-order valence-electron chi connectivity index (χ3n) is 3.53. The minimum Gasteiger partial charge on any atom is -0.355 e. The van der Waals surface area contributed by atoms with Gasteiger partial charge in [-0.05, 0) is 43.2 Å². The highest BCUT2D eigenvalue weighted by molar-refractivity contribution is 5.94. The van der Waals surface area contributed by atoms with Crippen LogP contribution in [-0.4, -0.2) is 19.0 Å². The van der Waals surface area contributed by atoms with Gasteiger partial charge in [0.2, 0.25) is 0 Å². The van der Waals surface area contributed by atoms with Crippen molar-refractivity contribution in [3.05, 3.63) is 64.7 Å². The number of aryl methyl sites for hydroxylation is 2. The van der Waals surface area contributed by atoms with Gasteiger partial charge >= 0.3 is 6.03 Å². The summed E-state index contributed by atoms with van der Waals surface area (Å²) in [5, 5.41) is 8.20. The molecule has 3 N–H and O–H groups in total. The van der Waals surface area contributed by atoms with E-state index < -0.39 is 0 Å². The molecule has 5 heteroatoms. The van der Waals surface area contributed by atoms with Crippen LogP contribution in [0.4, 0.5) is 10.5 Å². The number of anilines is 1. The predicted octanol–water partition coefficient (Wildman–Crippen LogP) is 2.98. The molecule has 23 heavy (non-hydrogen) atoms. The first kappa shape index (κ1) is 16.5. The van der Waals surface area contributed by atoms with Crippen LogP contribution in [0.1, 0.15) is 27.0 Å². The van der Waals surface area contributed by atoms with Crippen LogP contribution in [0.25, 0.3) is 0 Å². The second kappa shape index (κ2) is 7.45. The molecular formula is C18H21N3O2. The number of benzene rings is 2. The molecule has 2 rings (SSSR count). The van der Waals surface area contributed by atoms with Gasteiger partial charge in [0, 0.05) is 24.8 Å². The molecule has 5 nitrogen and oxygen atoms in total. The van der Waals surface area contributed by atoms with Crippen molar-refractivity contribution in [3.63, 3.8) is 0 Å². The van der Waals surface area contributed by atoms with Gasteiger partial charge in [-0.1, -0.05) is 29.8 Å². The van der Waals surface area contributed by atoms with Gasteiger partial charge in [0.1, 0.15) is 0 Å². The van der Waals surface area contributed by atoms with Crippen LogP contribution in [0.3, 0.4) is 0 Å².